The van der Waals surface area contributed by atoms with Gasteiger partial charge in [-0.1, -0.05) is 0 Å². The van der Waals surface area contributed by atoms with Crippen molar-refractivity contribution in [2.24, 2.45) is 0 Å². The maximum absolute atomic E-state index is 11.4. The molecule has 1 aliphatic heterocycles. The SMILES string of the molecule is CC(C#N)S(=O)(=O)NN1CCOCC1. The fourth-order valence-corrected chi connectivity index (χ4v) is 1.82. The van der Waals surface area contributed by atoms with Crippen LogP contribution in [0.5, 0.6) is 0 Å². The van der Waals surface area contributed by atoms with E-state index in [1.54, 1.807) is 11.1 Å². The van der Waals surface area contributed by atoms with Crippen LogP contribution in [-0.4, -0.2) is 45.0 Å². The maximum atomic E-state index is 11.4. The monoisotopic (exact) mass is 219 g/mol. The molecule has 0 radical (unpaired) electrons. The number of rotatable bonds is 3. The minimum Gasteiger partial charge on any atom is -0.379 e. The third-order valence-electron chi connectivity index (χ3n) is 1.91. The number of hydrogen-bond donors (Lipinski definition) is 1. The molecular formula is C7H13N3O3S. The van der Waals surface area contributed by atoms with Crippen molar-refractivity contribution in [3.8, 4) is 6.07 Å². The van der Waals surface area contributed by atoms with E-state index in [1.165, 1.54) is 6.92 Å². The van der Waals surface area contributed by atoms with E-state index in [4.69, 9.17) is 10.00 Å². The molecule has 0 aromatic carbocycles. The molecule has 1 atom stereocenters. The summed E-state index contributed by atoms with van der Waals surface area (Å²) in [5.41, 5.74) is 0. The molecule has 6 nitrogen and oxygen atoms in total. The summed E-state index contributed by atoms with van der Waals surface area (Å²) < 4.78 is 27.9. The molecule has 0 bridgehead atoms. The van der Waals surface area contributed by atoms with Gasteiger partial charge in [-0.05, 0) is 6.92 Å². The molecule has 1 rings (SSSR count). The van der Waals surface area contributed by atoms with Gasteiger partial charge < -0.3 is 4.74 Å². The van der Waals surface area contributed by atoms with Crippen molar-refractivity contribution in [1.82, 2.24) is 9.84 Å². The van der Waals surface area contributed by atoms with Gasteiger partial charge in [0.2, 0.25) is 10.0 Å². The lowest BCUT2D eigenvalue weighted by Gasteiger charge is -2.27. The van der Waals surface area contributed by atoms with Gasteiger partial charge in [-0.3, -0.25) is 0 Å². The Kier molecular flexibility index (Phi) is 3.83. The predicted molar refractivity (Wildman–Crippen MR) is 49.5 cm³/mol. The molecule has 1 heterocycles. The summed E-state index contributed by atoms with van der Waals surface area (Å²) in [7, 11) is -3.55. The summed E-state index contributed by atoms with van der Waals surface area (Å²) in [6.45, 7) is 3.38. The minimum absolute atomic E-state index is 0.503. The number of sulfonamides is 1. The Bertz CT molecular complexity index is 316. The summed E-state index contributed by atoms with van der Waals surface area (Å²) in [6, 6.07) is 1.69. The zero-order valence-electron chi connectivity index (χ0n) is 7.93. The number of ether oxygens (including phenoxy) is 1. The van der Waals surface area contributed by atoms with Crippen LogP contribution in [-0.2, 0) is 14.8 Å². The Morgan fingerprint density at radius 3 is 2.57 bits per heavy atom. The molecule has 1 N–H and O–H groups in total. The van der Waals surface area contributed by atoms with Crippen LogP contribution in [0.1, 0.15) is 6.92 Å². The molecule has 80 valence electrons. The van der Waals surface area contributed by atoms with Crippen molar-refractivity contribution in [3.05, 3.63) is 0 Å². The molecule has 0 aromatic rings. The van der Waals surface area contributed by atoms with Gasteiger partial charge in [0.15, 0.2) is 5.25 Å². The Hall–Kier alpha value is -0.680. The standard InChI is InChI=1S/C7H13N3O3S/c1-7(6-8)14(11,12)9-10-2-4-13-5-3-10/h7,9H,2-5H2,1H3. The summed E-state index contributed by atoms with van der Waals surface area (Å²) in [4.78, 5) is 2.35. The van der Waals surface area contributed by atoms with E-state index in [1.807, 2.05) is 0 Å². The van der Waals surface area contributed by atoms with E-state index >= 15 is 0 Å². The lowest BCUT2D eigenvalue weighted by Crippen LogP contribution is -2.50. The van der Waals surface area contributed by atoms with Crippen molar-refractivity contribution in [2.75, 3.05) is 26.3 Å². The highest BCUT2D eigenvalue weighted by atomic mass is 32.2. The van der Waals surface area contributed by atoms with Crippen LogP contribution in [0, 0.1) is 11.3 Å². The summed E-state index contributed by atoms with van der Waals surface area (Å²) in [5, 5.41) is 9.00. The average Bonchev–Trinajstić information content (AvgIpc) is 2.17. The second-order valence-corrected chi connectivity index (χ2v) is 4.99. The van der Waals surface area contributed by atoms with Crippen LogP contribution in [0.25, 0.3) is 0 Å². The predicted octanol–water partition coefficient (Wildman–Crippen LogP) is -0.935. The molecule has 0 saturated carbocycles. The molecule has 0 aliphatic carbocycles. The van der Waals surface area contributed by atoms with Crippen LogP contribution in [0.2, 0.25) is 0 Å². The van der Waals surface area contributed by atoms with E-state index in [0.717, 1.165) is 0 Å². The Morgan fingerprint density at radius 2 is 2.07 bits per heavy atom. The van der Waals surface area contributed by atoms with E-state index < -0.39 is 15.3 Å². The zero-order valence-corrected chi connectivity index (χ0v) is 8.75. The highest BCUT2D eigenvalue weighted by Gasteiger charge is 2.23. The third-order valence-corrected chi connectivity index (χ3v) is 3.46. The Balaban J connectivity index is 2.54. The van der Waals surface area contributed by atoms with Gasteiger partial charge in [0.05, 0.1) is 19.3 Å². The number of nitrogens with zero attached hydrogens (tertiary/aromatic N) is 2. The van der Waals surface area contributed by atoms with Gasteiger partial charge in [0.25, 0.3) is 0 Å². The second-order valence-electron chi connectivity index (χ2n) is 3.01. The first-order chi connectivity index (χ1) is 6.56. The Labute approximate surface area is 83.5 Å². The van der Waals surface area contributed by atoms with Crippen LogP contribution in [0.4, 0.5) is 0 Å². The smallest absolute Gasteiger partial charge is 0.240 e. The highest BCUT2D eigenvalue weighted by Crippen LogP contribution is 2.00. The lowest BCUT2D eigenvalue weighted by molar-refractivity contribution is 0.0271. The molecule has 0 amide bonds. The summed E-state index contributed by atoms with van der Waals surface area (Å²) in [5.74, 6) is 0. The second kappa shape index (κ2) is 4.70. The van der Waals surface area contributed by atoms with Crippen LogP contribution in [0.3, 0.4) is 0 Å². The first-order valence-corrected chi connectivity index (χ1v) is 5.84. The molecule has 1 fully saturated rings. The number of hydrogen-bond acceptors (Lipinski definition) is 5. The van der Waals surface area contributed by atoms with Gasteiger partial charge in [0.1, 0.15) is 0 Å². The van der Waals surface area contributed by atoms with Gasteiger partial charge in [-0.25, -0.2) is 13.4 Å². The van der Waals surface area contributed by atoms with Crippen LogP contribution >= 0.6 is 0 Å². The van der Waals surface area contributed by atoms with E-state index in [0.29, 0.717) is 26.3 Å². The molecule has 1 unspecified atom stereocenters. The minimum atomic E-state index is -3.55. The highest BCUT2D eigenvalue weighted by molar-refractivity contribution is 7.90. The Morgan fingerprint density at radius 1 is 1.50 bits per heavy atom. The van der Waals surface area contributed by atoms with Crippen LogP contribution in [0.15, 0.2) is 0 Å². The topological polar surface area (TPSA) is 82.4 Å². The molecule has 1 saturated heterocycles. The quantitative estimate of drug-likeness (QED) is 0.662. The number of nitriles is 1. The van der Waals surface area contributed by atoms with Gasteiger partial charge >= 0.3 is 0 Å². The fraction of sp³-hybridized carbons (Fsp3) is 0.857. The number of morpholine rings is 1. The molecule has 0 spiro atoms. The lowest BCUT2D eigenvalue weighted by atomic mass is 10.5. The van der Waals surface area contributed by atoms with Crippen LogP contribution < -0.4 is 4.83 Å². The maximum Gasteiger partial charge on any atom is 0.240 e. The van der Waals surface area contributed by atoms with Gasteiger partial charge in [-0.2, -0.15) is 5.26 Å². The molecule has 1 aliphatic rings. The number of hydrazine groups is 1. The van der Waals surface area contributed by atoms with E-state index in [2.05, 4.69) is 4.83 Å². The van der Waals surface area contributed by atoms with E-state index in [-0.39, 0.29) is 0 Å². The molecular weight excluding hydrogens is 206 g/mol. The molecule has 7 heteroatoms. The largest absolute Gasteiger partial charge is 0.379 e. The van der Waals surface area contributed by atoms with Crippen molar-refractivity contribution in [1.29, 1.82) is 5.26 Å². The summed E-state index contributed by atoms with van der Waals surface area (Å²) >= 11 is 0. The average molecular weight is 219 g/mol. The third kappa shape index (κ3) is 2.92. The van der Waals surface area contributed by atoms with Crippen molar-refractivity contribution < 1.29 is 13.2 Å². The molecule has 14 heavy (non-hydrogen) atoms. The summed E-state index contributed by atoms with van der Waals surface area (Å²) in [6.07, 6.45) is 0. The van der Waals surface area contributed by atoms with E-state index in [9.17, 15) is 8.42 Å². The van der Waals surface area contributed by atoms with Crippen molar-refractivity contribution >= 4 is 10.0 Å². The van der Waals surface area contributed by atoms with Crippen molar-refractivity contribution in [2.45, 2.75) is 12.2 Å². The zero-order chi connectivity index (χ0) is 10.6. The first-order valence-electron chi connectivity index (χ1n) is 4.30. The first kappa shape index (κ1) is 11.4. The normalized spacial score (nSPS) is 21.4. The van der Waals surface area contributed by atoms with Gasteiger partial charge in [-0.15, -0.1) is 4.83 Å². The molecule has 0 aromatic heterocycles. The van der Waals surface area contributed by atoms with Crippen molar-refractivity contribution in [3.63, 3.8) is 0 Å². The number of nitrogens with one attached hydrogen (secondary N) is 1. The fourth-order valence-electron chi connectivity index (χ4n) is 0.983. The van der Waals surface area contributed by atoms with Gasteiger partial charge in [0, 0.05) is 13.1 Å².